The molecule has 0 saturated carbocycles. The number of anilines is 1. The van der Waals surface area contributed by atoms with Crippen LogP contribution in [-0.2, 0) is 0 Å². The maximum atomic E-state index is 15.2. The Labute approximate surface area is 190 Å². The zero-order chi connectivity index (χ0) is 23.1. The molecule has 3 N–H and O–H groups in total. The fourth-order valence-electron chi connectivity index (χ4n) is 4.29. The molecule has 4 aromatic rings. The average molecular weight is 446 g/mol. The second kappa shape index (κ2) is 8.25. The van der Waals surface area contributed by atoms with E-state index in [1.54, 1.807) is 24.4 Å². The highest BCUT2D eigenvalue weighted by molar-refractivity contribution is 5.94. The van der Waals surface area contributed by atoms with Gasteiger partial charge in [-0.3, -0.25) is 0 Å². The van der Waals surface area contributed by atoms with Gasteiger partial charge in [-0.1, -0.05) is 13.0 Å². The molecule has 0 radical (unpaired) electrons. The van der Waals surface area contributed by atoms with Gasteiger partial charge in [-0.25, -0.2) is 24.3 Å². The first-order chi connectivity index (χ1) is 15.9. The lowest BCUT2D eigenvalue weighted by Crippen LogP contribution is -2.27. The van der Waals surface area contributed by atoms with Crippen molar-refractivity contribution in [1.29, 1.82) is 0 Å². The van der Waals surface area contributed by atoms with Crippen LogP contribution in [0.5, 0.6) is 11.8 Å². The highest BCUT2D eigenvalue weighted by Gasteiger charge is 2.26. The molecular formula is C24H24FN7O. The fraction of sp³-hybridized carbons (Fsp3) is 0.250. The van der Waals surface area contributed by atoms with Gasteiger partial charge < -0.3 is 20.4 Å². The molecule has 0 bridgehead atoms. The first-order valence-electron chi connectivity index (χ1n) is 10.7. The highest BCUT2D eigenvalue weighted by atomic mass is 19.1. The van der Waals surface area contributed by atoms with Gasteiger partial charge in [-0.15, -0.1) is 0 Å². The predicted molar refractivity (Wildman–Crippen MR) is 125 cm³/mol. The smallest absolute Gasteiger partial charge is 0.322 e. The molecule has 8 nitrogen and oxygen atoms in total. The summed E-state index contributed by atoms with van der Waals surface area (Å²) in [6, 6.07) is 6.62. The number of rotatable bonds is 4. The predicted octanol–water partition coefficient (Wildman–Crippen LogP) is 3.96. The highest BCUT2D eigenvalue weighted by Crippen LogP contribution is 2.38. The molecule has 33 heavy (non-hydrogen) atoms. The van der Waals surface area contributed by atoms with Crippen molar-refractivity contribution in [3.8, 4) is 17.4 Å². The number of nitrogens with zero attached hydrogens (tertiary/aromatic N) is 5. The number of hydrogen-bond donors (Lipinski definition) is 2. The van der Waals surface area contributed by atoms with Crippen molar-refractivity contribution in [1.82, 2.24) is 29.8 Å². The van der Waals surface area contributed by atoms with Gasteiger partial charge in [-0.2, -0.15) is 0 Å². The van der Waals surface area contributed by atoms with Crippen LogP contribution in [0, 0.1) is 25.6 Å². The Kier molecular flexibility index (Phi) is 5.26. The van der Waals surface area contributed by atoms with E-state index in [1.165, 1.54) is 12.4 Å². The van der Waals surface area contributed by atoms with Gasteiger partial charge in [0.05, 0.1) is 11.2 Å². The molecule has 0 saturated heterocycles. The number of hydrogen-bond acceptors (Lipinski definition) is 7. The van der Waals surface area contributed by atoms with Crippen LogP contribution in [-0.4, -0.2) is 37.6 Å². The summed E-state index contributed by atoms with van der Waals surface area (Å²) in [5.41, 5.74) is 12.1. The number of nitrogens with two attached hydrogens (primary N) is 1. The third-order valence-corrected chi connectivity index (χ3v) is 5.88. The Morgan fingerprint density at radius 1 is 1.18 bits per heavy atom. The molecule has 1 aliphatic heterocycles. The Bertz CT molecular complexity index is 1400. The molecule has 0 amide bonds. The number of nitrogen functional groups attached to an aromatic ring is 1. The molecular weight excluding hydrogens is 421 g/mol. The van der Waals surface area contributed by atoms with E-state index in [9.17, 15) is 0 Å². The summed E-state index contributed by atoms with van der Waals surface area (Å²) in [7, 11) is 0. The van der Waals surface area contributed by atoms with Crippen LogP contribution < -0.4 is 15.8 Å². The number of fused-ring (bicyclic) bond motifs is 1. The standard InChI is InChI=1S/C24H24FN7O/c1-13-11-27-8-7-17(13)21-15(3)20-22(23(26)30-12-29-20)32(21)16-4-5-19(18(25)10-16)33-24-28-9-6-14(2)31-24/h4-7,9-10,12-13,27H,8,11H2,1-3H3,(H2,26,29,30). The minimum Gasteiger partial charge on any atom is -0.421 e. The van der Waals surface area contributed by atoms with E-state index >= 15 is 4.39 Å². The second-order valence-corrected chi connectivity index (χ2v) is 8.18. The van der Waals surface area contributed by atoms with E-state index in [2.05, 4.69) is 38.3 Å². The van der Waals surface area contributed by atoms with Crippen LogP contribution in [0.2, 0.25) is 0 Å². The van der Waals surface area contributed by atoms with Crippen molar-refractivity contribution in [2.45, 2.75) is 20.8 Å². The van der Waals surface area contributed by atoms with Crippen LogP contribution in [0.3, 0.4) is 0 Å². The summed E-state index contributed by atoms with van der Waals surface area (Å²) in [6.07, 6.45) is 5.19. The maximum Gasteiger partial charge on any atom is 0.322 e. The van der Waals surface area contributed by atoms with Gasteiger partial charge in [0.1, 0.15) is 11.8 Å². The third kappa shape index (κ3) is 3.70. The van der Waals surface area contributed by atoms with Gasteiger partial charge in [0.15, 0.2) is 17.4 Å². The number of aryl methyl sites for hydroxylation is 2. The lowest BCUT2D eigenvalue weighted by Gasteiger charge is -2.24. The zero-order valence-corrected chi connectivity index (χ0v) is 18.6. The van der Waals surface area contributed by atoms with E-state index < -0.39 is 5.82 Å². The quantitative estimate of drug-likeness (QED) is 0.490. The molecule has 1 aromatic carbocycles. The molecule has 9 heteroatoms. The van der Waals surface area contributed by atoms with Gasteiger partial charge >= 0.3 is 6.01 Å². The summed E-state index contributed by atoms with van der Waals surface area (Å²) in [4.78, 5) is 16.9. The van der Waals surface area contributed by atoms with Crippen LogP contribution >= 0.6 is 0 Å². The molecule has 0 aliphatic carbocycles. The third-order valence-electron chi connectivity index (χ3n) is 5.88. The normalized spacial score (nSPS) is 16.1. The van der Waals surface area contributed by atoms with E-state index in [0.29, 0.717) is 17.0 Å². The lowest BCUT2D eigenvalue weighted by molar-refractivity contribution is 0.410. The van der Waals surface area contributed by atoms with Crippen molar-refractivity contribution in [3.05, 3.63) is 65.6 Å². The van der Waals surface area contributed by atoms with Crippen LogP contribution in [0.25, 0.3) is 22.3 Å². The summed E-state index contributed by atoms with van der Waals surface area (Å²) < 4.78 is 22.7. The molecule has 5 rings (SSSR count). The largest absolute Gasteiger partial charge is 0.421 e. The van der Waals surface area contributed by atoms with Crippen molar-refractivity contribution in [2.75, 3.05) is 18.8 Å². The van der Waals surface area contributed by atoms with E-state index in [-0.39, 0.29) is 17.7 Å². The lowest BCUT2D eigenvalue weighted by atomic mass is 9.93. The zero-order valence-electron chi connectivity index (χ0n) is 18.6. The Morgan fingerprint density at radius 3 is 2.79 bits per heavy atom. The van der Waals surface area contributed by atoms with E-state index in [1.807, 2.05) is 18.4 Å². The molecule has 168 valence electrons. The van der Waals surface area contributed by atoms with Gasteiger partial charge in [-0.05, 0) is 43.5 Å². The first kappa shape index (κ1) is 21.0. The van der Waals surface area contributed by atoms with Crippen molar-refractivity contribution in [2.24, 2.45) is 5.92 Å². The van der Waals surface area contributed by atoms with Crippen LogP contribution in [0.4, 0.5) is 10.2 Å². The molecule has 0 fully saturated rings. The molecule has 4 heterocycles. The molecule has 3 aromatic heterocycles. The number of benzene rings is 1. The first-order valence-corrected chi connectivity index (χ1v) is 10.7. The molecule has 1 unspecified atom stereocenters. The second-order valence-electron chi connectivity index (χ2n) is 8.18. The fourth-order valence-corrected chi connectivity index (χ4v) is 4.29. The summed E-state index contributed by atoms with van der Waals surface area (Å²) in [5.74, 6) is 0.106. The number of halogens is 1. The SMILES string of the molecule is Cc1ccnc(Oc2ccc(-n3c(C4=CCNCC4C)c(C)c4ncnc(N)c43)cc2F)n1. The topological polar surface area (TPSA) is 104 Å². The van der Waals surface area contributed by atoms with Crippen molar-refractivity contribution >= 4 is 22.4 Å². The number of aromatic nitrogens is 5. The Balaban J connectivity index is 1.67. The van der Waals surface area contributed by atoms with Crippen LogP contribution in [0.15, 0.2) is 42.9 Å². The summed E-state index contributed by atoms with van der Waals surface area (Å²) >= 11 is 0. The molecule has 1 aliphatic rings. The van der Waals surface area contributed by atoms with Gasteiger partial charge in [0.2, 0.25) is 0 Å². The summed E-state index contributed by atoms with van der Waals surface area (Å²) in [6.45, 7) is 7.61. The summed E-state index contributed by atoms with van der Waals surface area (Å²) in [5, 5.41) is 3.38. The van der Waals surface area contributed by atoms with Crippen molar-refractivity contribution in [3.63, 3.8) is 0 Å². The minimum atomic E-state index is -0.536. The van der Waals surface area contributed by atoms with Crippen LogP contribution in [0.1, 0.15) is 23.9 Å². The molecule has 1 atom stereocenters. The number of ether oxygens (including phenoxy) is 1. The monoisotopic (exact) mass is 445 g/mol. The minimum absolute atomic E-state index is 0.0396. The van der Waals surface area contributed by atoms with Gasteiger partial charge in [0, 0.05) is 42.3 Å². The average Bonchev–Trinajstić information content (AvgIpc) is 3.09. The van der Waals surface area contributed by atoms with E-state index in [0.717, 1.165) is 41.1 Å². The van der Waals surface area contributed by atoms with E-state index in [4.69, 9.17) is 10.5 Å². The van der Waals surface area contributed by atoms with Crippen molar-refractivity contribution < 1.29 is 9.13 Å². The Hall–Kier alpha value is -3.85. The van der Waals surface area contributed by atoms with Gasteiger partial charge in [0.25, 0.3) is 0 Å². The maximum absolute atomic E-state index is 15.2. The molecule has 0 spiro atoms. The Morgan fingerprint density at radius 2 is 2.03 bits per heavy atom. The number of nitrogens with one attached hydrogen (secondary N) is 1.